The van der Waals surface area contributed by atoms with Crippen molar-refractivity contribution in [2.45, 2.75) is 33.7 Å². The Balaban J connectivity index is 1.67. The van der Waals surface area contributed by atoms with Crippen LogP contribution in [0.1, 0.15) is 39.0 Å². The Hall–Kier alpha value is -3.03. The number of nitrogens with zero attached hydrogens (tertiary/aromatic N) is 7. The molecule has 0 atom stereocenters. The average molecular weight is 365 g/mol. The van der Waals surface area contributed by atoms with Crippen molar-refractivity contribution in [1.29, 1.82) is 0 Å². The Labute approximate surface area is 157 Å². The topological polar surface area (TPSA) is 79.5 Å². The van der Waals surface area contributed by atoms with Gasteiger partial charge in [-0.2, -0.15) is 5.10 Å². The Morgan fingerprint density at radius 3 is 2.63 bits per heavy atom. The lowest BCUT2D eigenvalue weighted by atomic mass is 10.0. The van der Waals surface area contributed by atoms with Crippen LogP contribution in [-0.2, 0) is 13.0 Å². The quantitative estimate of drug-likeness (QED) is 0.688. The molecule has 0 radical (unpaired) electrons. The summed E-state index contributed by atoms with van der Waals surface area (Å²) in [5.74, 6) is 1.58. The molecule has 140 valence electrons. The number of aryl methyl sites for hydroxylation is 3. The third kappa shape index (κ3) is 3.01. The fraction of sp³-hybridized carbons (Fsp3) is 0.421. The largest absolute Gasteiger partial charge is 0.362 e. The molecule has 1 aliphatic heterocycles. The molecule has 8 nitrogen and oxygen atoms in total. The van der Waals surface area contributed by atoms with Crippen LogP contribution < -0.4 is 4.90 Å². The predicted molar refractivity (Wildman–Crippen MR) is 102 cm³/mol. The monoisotopic (exact) mass is 365 g/mol. The lowest BCUT2D eigenvalue weighted by molar-refractivity contribution is 0.0725. The van der Waals surface area contributed by atoms with E-state index in [0.29, 0.717) is 24.4 Å². The third-order valence-corrected chi connectivity index (χ3v) is 4.81. The van der Waals surface area contributed by atoms with Crippen LogP contribution in [0.5, 0.6) is 0 Å². The standard InChI is InChI=1S/C19H23N7O/c1-11-8-17-22-15(9-12(2)26(17)23-11)19(27)25-7-6-14-16(10-25)20-13(3)21-18(14)24(4)5/h8-9H,6-7,10H2,1-5H3. The van der Waals surface area contributed by atoms with Crippen LogP contribution >= 0.6 is 0 Å². The number of anilines is 1. The molecule has 0 aromatic carbocycles. The number of hydrogen-bond donors (Lipinski definition) is 0. The van der Waals surface area contributed by atoms with Gasteiger partial charge in [-0.05, 0) is 33.3 Å². The van der Waals surface area contributed by atoms with E-state index in [9.17, 15) is 4.79 Å². The molecule has 4 heterocycles. The molecule has 3 aromatic rings. The van der Waals surface area contributed by atoms with Crippen LogP contribution in [0.15, 0.2) is 12.1 Å². The van der Waals surface area contributed by atoms with Crippen molar-refractivity contribution in [2.75, 3.05) is 25.5 Å². The normalized spacial score (nSPS) is 13.7. The number of fused-ring (bicyclic) bond motifs is 2. The van der Waals surface area contributed by atoms with E-state index < -0.39 is 0 Å². The maximum Gasteiger partial charge on any atom is 0.272 e. The van der Waals surface area contributed by atoms with Crippen LogP contribution in [0.3, 0.4) is 0 Å². The number of amides is 1. The second kappa shape index (κ2) is 6.29. The van der Waals surface area contributed by atoms with Gasteiger partial charge in [0.05, 0.1) is 17.9 Å². The van der Waals surface area contributed by atoms with Gasteiger partial charge in [-0.1, -0.05) is 0 Å². The minimum atomic E-state index is -0.0761. The van der Waals surface area contributed by atoms with E-state index in [2.05, 4.69) is 20.1 Å². The Morgan fingerprint density at radius 2 is 1.89 bits per heavy atom. The van der Waals surface area contributed by atoms with Gasteiger partial charge in [0.2, 0.25) is 0 Å². The van der Waals surface area contributed by atoms with Gasteiger partial charge < -0.3 is 9.80 Å². The zero-order chi connectivity index (χ0) is 19.3. The molecule has 3 aromatic heterocycles. The highest BCUT2D eigenvalue weighted by atomic mass is 16.2. The highest BCUT2D eigenvalue weighted by molar-refractivity contribution is 5.93. The van der Waals surface area contributed by atoms with E-state index in [1.54, 1.807) is 10.6 Å². The molecule has 27 heavy (non-hydrogen) atoms. The van der Waals surface area contributed by atoms with Gasteiger partial charge in [-0.15, -0.1) is 0 Å². The number of aromatic nitrogens is 5. The van der Waals surface area contributed by atoms with Gasteiger partial charge in [0, 0.05) is 38.0 Å². The molecule has 0 N–H and O–H groups in total. The highest BCUT2D eigenvalue weighted by Gasteiger charge is 2.27. The third-order valence-electron chi connectivity index (χ3n) is 4.81. The summed E-state index contributed by atoms with van der Waals surface area (Å²) in [5.41, 5.74) is 4.96. The molecule has 1 aliphatic rings. The summed E-state index contributed by atoms with van der Waals surface area (Å²) in [4.78, 5) is 30.6. The van der Waals surface area contributed by atoms with E-state index >= 15 is 0 Å². The van der Waals surface area contributed by atoms with Gasteiger partial charge in [0.1, 0.15) is 17.3 Å². The zero-order valence-corrected chi connectivity index (χ0v) is 16.3. The lowest BCUT2D eigenvalue weighted by Gasteiger charge is -2.30. The maximum atomic E-state index is 13.1. The highest BCUT2D eigenvalue weighted by Crippen LogP contribution is 2.26. The molecule has 0 saturated heterocycles. The molecule has 1 amide bonds. The lowest BCUT2D eigenvalue weighted by Crippen LogP contribution is -2.38. The van der Waals surface area contributed by atoms with Crippen LogP contribution in [0.4, 0.5) is 5.82 Å². The van der Waals surface area contributed by atoms with Crippen LogP contribution in [-0.4, -0.2) is 56.0 Å². The first-order valence-corrected chi connectivity index (χ1v) is 9.00. The number of carbonyl (C=O) groups excluding carboxylic acids is 1. The van der Waals surface area contributed by atoms with Crippen molar-refractivity contribution in [3.8, 4) is 0 Å². The second-order valence-corrected chi connectivity index (χ2v) is 7.23. The van der Waals surface area contributed by atoms with E-state index in [0.717, 1.165) is 40.7 Å². The van der Waals surface area contributed by atoms with E-state index in [1.807, 2.05) is 50.7 Å². The number of carbonyl (C=O) groups is 1. The van der Waals surface area contributed by atoms with Crippen molar-refractivity contribution < 1.29 is 4.79 Å². The van der Waals surface area contributed by atoms with Crippen molar-refractivity contribution in [3.63, 3.8) is 0 Å². The number of rotatable bonds is 2. The number of hydrogen-bond acceptors (Lipinski definition) is 6. The Bertz CT molecular complexity index is 1050. The molecular weight excluding hydrogens is 342 g/mol. The maximum absolute atomic E-state index is 13.1. The van der Waals surface area contributed by atoms with E-state index in [4.69, 9.17) is 0 Å². The molecule has 0 unspecified atom stereocenters. The van der Waals surface area contributed by atoms with E-state index in [1.165, 1.54) is 0 Å². The Kier molecular flexibility index (Phi) is 4.05. The second-order valence-electron chi connectivity index (χ2n) is 7.23. The van der Waals surface area contributed by atoms with Crippen molar-refractivity contribution in [1.82, 2.24) is 29.5 Å². The van der Waals surface area contributed by atoms with Crippen molar-refractivity contribution >= 4 is 17.4 Å². The zero-order valence-electron chi connectivity index (χ0n) is 16.3. The van der Waals surface area contributed by atoms with Crippen LogP contribution in [0.2, 0.25) is 0 Å². The summed E-state index contributed by atoms with van der Waals surface area (Å²) in [5, 5.41) is 4.40. The smallest absolute Gasteiger partial charge is 0.272 e. The summed E-state index contributed by atoms with van der Waals surface area (Å²) in [6, 6.07) is 3.68. The molecule has 4 rings (SSSR count). The van der Waals surface area contributed by atoms with Gasteiger partial charge in [-0.25, -0.2) is 19.5 Å². The molecule has 0 saturated carbocycles. The molecule has 8 heteroatoms. The fourth-order valence-corrected chi connectivity index (χ4v) is 3.59. The first-order chi connectivity index (χ1) is 12.8. The minimum absolute atomic E-state index is 0.0761. The van der Waals surface area contributed by atoms with Gasteiger partial charge in [0.25, 0.3) is 5.91 Å². The van der Waals surface area contributed by atoms with Crippen molar-refractivity contribution in [2.24, 2.45) is 0 Å². The van der Waals surface area contributed by atoms with E-state index in [-0.39, 0.29) is 5.91 Å². The summed E-state index contributed by atoms with van der Waals surface area (Å²) in [7, 11) is 3.96. The van der Waals surface area contributed by atoms with Gasteiger partial charge in [0.15, 0.2) is 5.65 Å². The first-order valence-electron chi connectivity index (χ1n) is 9.00. The van der Waals surface area contributed by atoms with Gasteiger partial charge >= 0.3 is 0 Å². The summed E-state index contributed by atoms with van der Waals surface area (Å²) < 4.78 is 1.76. The average Bonchev–Trinajstić information content (AvgIpc) is 3.00. The summed E-state index contributed by atoms with van der Waals surface area (Å²) >= 11 is 0. The van der Waals surface area contributed by atoms with Crippen LogP contribution in [0.25, 0.3) is 5.65 Å². The summed E-state index contributed by atoms with van der Waals surface area (Å²) in [6.07, 6.45) is 0.738. The fourth-order valence-electron chi connectivity index (χ4n) is 3.59. The summed E-state index contributed by atoms with van der Waals surface area (Å²) in [6.45, 7) is 6.84. The Morgan fingerprint density at radius 1 is 1.11 bits per heavy atom. The van der Waals surface area contributed by atoms with Crippen molar-refractivity contribution in [3.05, 3.63) is 46.3 Å². The molecular formula is C19H23N7O. The van der Waals surface area contributed by atoms with Crippen LogP contribution in [0, 0.1) is 20.8 Å². The molecule has 0 bridgehead atoms. The van der Waals surface area contributed by atoms with Gasteiger partial charge in [-0.3, -0.25) is 4.79 Å². The molecule has 0 fully saturated rings. The SMILES string of the molecule is Cc1cc2nc(C(=O)N3CCc4c(nc(C)nc4N(C)C)C3)cc(C)n2n1. The first kappa shape index (κ1) is 17.4. The molecule has 0 aliphatic carbocycles. The minimum Gasteiger partial charge on any atom is -0.362 e. The predicted octanol–water partition coefficient (Wildman–Crippen LogP) is 1.71. The molecule has 0 spiro atoms.